The topological polar surface area (TPSA) is 34.1 Å². The molecule has 0 heterocycles. The molecule has 2 heteroatoms. The number of hydrogen-bond acceptors (Lipinski definition) is 2. The van der Waals surface area contributed by atoms with Crippen LogP contribution in [0, 0.1) is 0 Å². The van der Waals surface area contributed by atoms with Gasteiger partial charge >= 0.3 is 0 Å². The lowest BCUT2D eigenvalue weighted by Crippen LogP contribution is -2.00. The van der Waals surface area contributed by atoms with E-state index in [2.05, 4.69) is 6.92 Å². The van der Waals surface area contributed by atoms with Crippen molar-refractivity contribution in [2.24, 2.45) is 0 Å². The molecule has 0 spiro atoms. The minimum Gasteiger partial charge on any atom is -0.288 e. The average molecular weight is 262 g/mol. The maximum Gasteiger partial charge on any atom is 0.197 e. The molecule has 1 aliphatic rings. The maximum atomic E-state index is 12.2. The summed E-state index contributed by atoms with van der Waals surface area (Å²) in [5, 5.41) is 0. The number of fused-ring (bicyclic) bond motifs is 1. The molecular formula is C18H14O2. The van der Waals surface area contributed by atoms with Crippen molar-refractivity contribution in [2.45, 2.75) is 13.3 Å². The van der Waals surface area contributed by atoms with E-state index in [9.17, 15) is 9.59 Å². The van der Waals surface area contributed by atoms with Crippen LogP contribution >= 0.6 is 0 Å². The SMILES string of the molecule is CCc1ccc(C=C2C(=O)c3ccccc3C2=O)cc1. The predicted molar refractivity (Wildman–Crippen MR) is 78.9 cm³/mol. The first-order valence-corrected chi connectivity index (χ1v) is 6.69. The minimum absolute atomic E-state index is 0.176. The normalized spacial score (nSPS) is 13.6. The Balaban J connectivity index is 2.01. The molecule has 0 bridgehead atoms. The Bertz CT molecular complexity index is 684. The van der Waals surface area contributed by atoms with Crippen molar-refractivity contribution in [3.8, 4) is 0 Å². The molecule has 0 atom stereocenters. The lowest BCUT2D eigenvalue weighted by Gasteiger charge is -1.99. The van der Waals surface area contributed by atoms with Crippen LogP contribution in [0.25, 0.3) is 6.08 Å². The Morgan fingerprint density at radius 3 is 1.90 bits per heavy atom. The van der Waals surface area contributed by atoms with Crippen molar-refractivity contribution in [2.75, 3.05) is 0 Å². The highest BCUT2D eigenvalue weighted by molar-refractivity contribution is 6.41. The van der Waals surface area contributed by atoms with E-state index >= 15 is 0 Å². The van der Waals surface area contributed by atoms with E-state index in [0.29, 0.717) is 11.1 Å². The maximum absolute atomic E-state index is 12.2. The van der Waals surface area contributed by atoms with Crippen molar-refractivity contribution in [1.82, 2.24) is 0 Å². The van der Waals surface area contributed by atoms with E-state index in [1.165, 1.54) is 5.56 Å². The zero-order valence-corrected chi connectivity index (χ0v) is 11.2. The zero-order valence-electron chi connectivity index (χ0n) is 11.2. The van der Waals surface area contributed by atoms with Crippen molar-refractivity contribution in [1.29, 1.82) is 0 Å². The zero-order chi connectivity index (χ0) is 14.1. The molecule has 0 saturated heterocycles. The van der Waals surface area contributed by atoms with Crippen LogP contribution in [0.1, 0.15) is 38.8 Å². The molecule has 2 aromatic rings. The third-order valence-corrected chi connectivity index (χ3v) is 3.60. The molecule has 0 radical (unpaired) electrons. The van der Waals surface area contributed by atoms with Crippen molar-refractivity contribution >= 4 is 17.6 Å². The summed E-state index contributed by atoms with van der Waals surface area (Å²) in [7, 11) is 0. The predicted octanol–water partition coefficient (Wildman–Crippen LogP) is 3.71. The summed E-state index contributed by atoms with van der Waals surface area (Å²) < 4.78 is 0. The molecule has 3 rings (SSSR count). The molecule has 2 aromatic carbocycles. The second kappa shape index (κ2) is 4.89. The molecule has 1 aliphatic carbocycles. The van der Waals surface area contributed by atoms with Crippen LogP contribution in [0.3, 0.4) is 0 Å². The minimum atomic E-state index is -0.176. The number of ketones is 2. The summed E-state index contributed by atoms with van der Waals surface area (Å²) in [5.74, 6) is -0.352. The standard InChI is InChI=1S/C18H14O2/c1-2-12-7-9-13(10-8-12)11-16-17(19)14-5-3-4-6-15(14)18(16)20/h3-11H,2H2,1H3. The molecule has 98 valence electrons. The summed E-state index contributed by atoms with van der Waals surface area (Å²) in [5.41, 5.74) is 3.39. The fourth-order valence-electron chi connectivity index (χ4n) is 2.42. The number of carbonyl (C=O) groups excluding carboxylic acids is 2. The van der Waals surface area contributed by atoms with E-state index in [0.717, 1.165) is 12.0 Å². The van der Waals surface area contributed by atoms with Gasteiger partial charge in [-0.25, -0.2) is 0 Å². The number of allylic oxidation sites excluding steroid dienone is 1. The molecule has 0 amide bonds. The molecule has 0 fully saturated rings. The van der Waals surface area contributed by atoms with Crippen LogP contribution in [0.15, 0.2) is 54.1 Å². The third kappa shape index (κ3) is 1.99. The van der Waals surface area contributed by atoms with Gasteiger partial charge in [0.25, 0.3) is 0 Å². The smallest absolute Gasteiger partial charge is 0.197 e. The highest BCUT2D eigenvalue weighted by Gasteiger charge is 2.32. The number of benzene rings is 2. The number of aryl methyl sites for hydroxylation is 1. The quantitative estimate of drug-likeness (QED) is 0.610. The fraction of sp³-hybridized carbons (Fsp3) is 0.111. The molecular weight excluding hydrogens is 248 g/mol. The van der Waals surface area contributed by atoms with E-state index in [1.54, 1.807) is 30.3 Å². The molecule has 0 aromatic heterocycles. The van der Waals surface area contributed by atoms with Crippen molar-refractivity contribution in [3.05, 3.63) is 76.4 Å². The van der Waals surface area contributed by atoms with Gasteiger partial charge < -0.3 is 0 Å². The molecule has 0 saturated carbocycles. The highest BCUT2D eigenvalue weighted by Crippen LogP contribution is 2.27. The largest absolute Gasteiger partial charge is 0.288 e. The Kier molecular flexibility index (Phi) is 3.07. The lowest BCUT2D eigenvalue weighted by molar-refractivity contribution is 0.0990. The van der Waals surface area contributed by atoms with Crippen LogP contribution < -0.4 is 0 Å². The second-order valence-corrected chi connectivity index (χ2v) is 4.86. The fourth-order valence-corrected chi connectivity index (χ4v) is 2.42. The first-order valence-electron chi connectivity index (χ1n) is 6.69. The first kappa shape index (κ1) is 12.5. The number of Topliss-reactive ketones (excluding diaryl/α,β-unsaturated/α-hetero) is 2. The second-order valence-electron chi connectivity index (χ2n) is 4.86. The van der Waals surface area contributed by atoms with E-state index in [4.69, 9.17) is 0 Å². The monoisotopic (exact) mass is 262 g/mol. The third-order valence-electron chi connectivity index (χ3n) is 3.60. The van der Waals surface area contributed by atoms with Crippen LogP contribution in [0.5, 0.6) is 0 Å². The van der Waals surface area contributed by atoms with Gasteiger partial charge in [0.05, 0.1) is 5.57 Å². The van der Waals surface area contributed by atoms with E-state index in [1.807, 2.05) is 24.3 Å². The first-order chi connectivity index (χ1) is 9.70. The summed E-state index contributed by atoms with van der Waals surface area (Å²) in [6.07, 6.45) is 2.66. The molecule has 0 aliphatic heterocycles. The molecule has 20 heavy (non-hydrogen) atoms. The Labute approximate surface area is 117 Å². The molecule has 2 nitrogen and oxygen atoms in total. The van der Waals surface area contributed by atoms with Gasteiger partial charge in [-0.1, -0.05) is 55.5 Å². The summed E-state index contributed by atoms with van der Waals surface area (Å²) in [4.78, 5) is 24.5. The molecule has 0 N–H and O–H groups in total. The average Bonchev–Trinajstić information content (AvgIpc) is 2.74. The lowest BCUT2D eigenvalue weighted by atomic mass is 10.0. The van der Waals surface area contributed by atoms with Crippen LogP contribution in [-0.4, -0.2) is 11.6 Å². The van der Waals surface area contributed by atoms with Crippen LogP contribution in [-0.2, 0) is 6.42 Å². The van der Waals surface area contributed by atoms with Gasteiger partial charge in [-0.15, -0.1) is 0 Å². The van der Waals surface area contributed by atoms with Gasteiger partial charge in [0, 0.05) is 11.1 Å². The summed E-state index contributed by atoms with van der Waals surface area (Å²) in [6.45, 7) is 2.09. The van der Waals surface area contributed by atoms with E-state index in [-0.39, 0.29) is 17.1 Å². The van der Waals surface area contributed by atoms with Gasteiger partial charge in [-0.2, -0.15) is 0 Å². The molecule has 0 unspecified atom stereocenters. The van der Waals surface area contributed by atoms with E-state index < -0.39 is 0 Å². The number of hydrogen-bond donors (Lipinski definition) is 0. The van der Waals surface area contributed by atoms with Gasteiger partial charge in [-0.05, 0) is 23.6 Å². The number of carbonyl (C=O) groups is 2. The summed E-state index contributed by atoms with van der Waals surface area (Å²) >= 11 is 0. The van der Waals surface area contributed by atoms with Gasteiger partial charge in [0.2, 0.25) is 0 Å². The Hall–Kier alpha value is -2.48. The van der Waals surface area contributed by atoms with Crippen LogP contribution in [0.2, 0.25) is 0 Å². The van der Waals surface area contributed by atoms with Gasteiger partial charge in [0.15, 0.2) is 11.6 Å². The van der Waals surface area contributed by atoms with Gasteiger partial charge in [-0.3, -0.25) is 9.59 Å². The van der Waals surface area contributed by atoms with Crippen molar-refractivity contribution in [3.63, 3.8) is 0 Å². The Morgan fingerprint density at radius 1 is 0.850 bits per heavy atom. The number of rotatable bonds is 2. The Morgan fingerprint density at radius 2 is 1.40 bits per heavy atom. The van der Waals surface area contributed by atoms with Crippen LogP contribution in [0.4, 0.5) is 0 Å². The highest BCUT2D eigenvalue weighted by atomic mass is 16.2. The van der Waals surface area contributed by atoms with Gasteiger partial charge in [0.1, 0.15) is 0 Å². The van der Waals surface area contributed by atoms with Crippen molar-refractivity contribution < 1.29 is 9.59 Å². The summed E-state index contributed by atoms with van der Waals surface area (Å²) in [6, 6.07) is 14.9.